The van der Waals surface area contributed by atoms with Gasteiger partial charge < -0.3 is 16.0 Å². The monoisotopic (exact) mass is 253 g/mol. The summed E-state index contributed by atoms with van der Waals surface area (Å²) in [6.45, 7) is 2.10. The highest BCUT2D eigenvalue weighted by Crippen LogP contribution is 2.22. The minimum Gasteiger partial charge on any atom is -0.381 e. The van der Waals surface area contributed by atoms with Crippen molar-refractivity contribution in [2.75, 3.05) is 25.5 Å². The van der Waals surface area contributed by atoms with Gasteiger partial charge >= 0.3 is 0 Å². The highest BCUT2D eigenvalue weighted by Gasteiger charge is 2.19. The maximum absolute atomic E-state index is 11.2. The number of nitrogens with zero attached hydrogens (tertiary/aromatic N) is 1. The van der Waals surface area contributed by atoms with Crippen molar-refractivity contribution in [3.8, 4) is 0 Å². The van der Waals surface area contributed by atoms with E-state index in [0.29, 0.717) is 16.6 Å². The van der Waals surface area contributed by atoms with Gasteiger partial charge in [0.05, 0.1) is 10.6 Å². The molecule has 0 radical (unpaired) electrons. The molecule has 1 aromatic rings. The van der Waals surface area contributed by atoms with E-state index < -0.39 is 5.91 Å². The Morgan fingerprint density at radius 2 is 2.35 bits per heavy atom. The second-order valence-corrected chi connectivity index (χ2v) is 4.86. The molecular formula is C12H16ClN3O. The molecule has 1 atom stereocenters. The molecular weight excluding hydrogens is 238 g/mol. The Hall–Kier alpha value is -1.26. The van der Waals surface area contributed by atoms with E-state index in [1.54, 1.807) is 12.1 Å². The summed E-state index contributed by atoms with van der Waals surface area (Å²) in [6, 6.07) is 5.69. The number of carbonyl (C=O) groups is 1. The summed E-state index contributed by atoms with van der Waals surface area (Å²) in [4.78, 5) is 13.4. The van der Waals surface area contributed by atoms with E-state index >= 15 is 0 Å². The first-order valence-corrected chi connectivity index (χ1v) is 5.98. The molecule has 0 saturated carbocycles. The van der Waals surface area contributed by atoms with E-state index in [4.69, 9.17) is 17.3 Å². The standard InChI is InChI=1S/C12H16ClN3O/c1-16-5-4-9(7-16)15-8-2-3-11(13)10(6-8)12(14)17/h2-3,6,9,15H,4-5,7H2,1H3,(H2,14,17). The lowest BCUT2D eigenvalue weighted by atomic mass is 10.1. The van der Waals surface area contributed by atoms with E-state index in [1.807, 2.05) is 6.07 Å². The molecule has 0 aromatic heterocycles. The first-order chi connectivity index (χ1) is 8.06. The third-order valence-electron chi connectivity index (χ3n) is 2.99. The SMILES string of the molecule is CN1CCC(Nc2ccc(Cl)c(C(N)=O)c2)C1. The zero-order valence-corrected chi connectivity index (χ0v) is 10.5. The molecule has 3 N–H and O–H groups in total. The lowest BCUT2D eigenvalue weighted by Crippen LogP contribution is -2.23. The first kappa shape index (κ1) is 12.2. The number of hydrogen-bond acceptors (Lipinski definition) is 3. The molecule has 1 fully saturated rings. The number of nitrogens with two attached hydrogens (primary N) is 1. The van der Waals surface area contributed by atoms with Gasteiger partial charge in [-0.15, -0.1) is 0 Å². The van der Waals surface area contributed by atoms with Gasteiger partial charge in [-0.2, -0.15) is 0 Å². The van der Waals surface area contributed by atoms with Gasteiger partial charge in [0, 0.05) is 18.3 Å². The van der Waals surface area contributed by atoms with E-state index in [9.17, 15) is 4.79 Å². The summed E-state index contributed by atoms with van der Waals surface area (Å²) in [5.41, 5.74) is 6.51. The number of primary amides is 1. The third kappa shape index (κ3) is 2.90. The summed E-state index contributed by atoms with van der Waals surface area (Å²) in [6.07, 6.45) is 1.10. The lowest BCUT2D eigenvalue weighted by Gasteiger charge is -2.15. The topological polar surface area (TPSA) is 58.4 Å². The van der Waals surface area contributed by atoms with Crippen molar-refractivity contribution >= 4 is 23.2 Å². The Labute approximate surface area is 106 Å². The van der Waals surface area contributed by atoms with Crippen LogP contribution < -0.4 is 11.1 Å². The van der Waals surface area contributed by atoms with Crippen molar-refractivity contribution in [3.63, 3.8) is 0 Å². The Balaban J connectivity index is 2.11. The highest BCUT2D eigenvalue weighted by atomic mass is 35.5. The van der Waals surface area contributed by atoms with Crippen LogP contribution in [0.15, 0.2) is 18.2 Å². The number of nitrogens with one attached hydrogen (secondary N) is 1. The number of halogens is 1. The number of hydrogen-bond donors (Lipinski definition) is 2. The number of amides is 1. The van der Waals surface area contributed by atoms with Crippen LogP contribution in [0.1, 0.15) is 16.8 Å². The molecule has 1 unspecified atom stereocenters. The quantitative estimate of drug-likeness (QED) is 0.860. The zero-order valence-electron chi connectivity index (χ0n) is 9.74. The number of rotatable bonds is 3. The Bertz CT molecular complexity index is 436. The minimum atomic E-state index is -0.498. The number of likely N-dealkylation sites (N-methyl/N-ethyl adjacent to an activating group) is 1. The van der Waals surface area contributed by atoms with Crippen LogP contribution in [0.5, 0.6) is 0 Å². The average Bonchev–Trinajstić information content (AvgIpc) is 2.66. The molecule has 0 spiro atoms. The molecule has 5 heteroatoms. The number of carbonyl (C=O) groups excluding carboxylic acids is 1. The van der Waals surface area contributed by atoms with Gasteiger partial charge in [-0.1, -0.05) is 11.6 Å². The summed E-state index contributed by atoms with van der Waals surface area (Å²) >= 11 is 5.89. The molecule has 1 amide bonds. The summed E-state index contributed by atoms with van der Waals surface area (Å²) in [5.74, 6) is -0.498. The van der Waals surface area contributed by atoms with Crippen LogP contribution in [-0.2, 0) is 0 Å². The predicted octanol–water partition coefficient (Wildman–Crippen LogP) is 1.55. The first-order valence-electron chi connectivity index (χ1n) is 5.60. The fourth-order valence-corrected chi connectivity index (χ4v) is 2.30. The summed E-state index contributed by atoms with van der Waals surface area (Å²) < 4.78 is 0. The number of anilines is 1. The van der Waals surface area contributed by atoms with Crippen LogP contribution in [0.2, 0.25) is 5.02 Å². The number of benzene rings is 1. The smallest absolute Gasteiger partial charge is 0.250 e. The Morgan fingerprint density at radius 1 is 1.59 bits per heavy atom. The highest BCUT2D eigenvalue weighted by molar-refractivity contribution is 6.33. The van der Waals surface area contributed by atoms with Gasteiger partial charge in [-0.25, -0.2) is 0 Å². The fraction of sp³-hybridized carbons (Fsp3) is 0.417. The molecule has 92 valence electrons. The van der Waals surface area contributed by atoms with Crippen LogP contribution in [0.4, 0.5) is 5.69 Å². The van der Waals surface area contributed by atoms with Gasteiger partial charge in [0.15, 0.2) is 0 Å². The molecule has 0 bridgehead atoms. The van der Waals surface area contributed by atoms with Gasteiger partial charge in [-0.3, -0.25) is 4.79 Å². The van der Waals surface area contributed by atoms with Crippen molar-refractivity contribution in [2.24, 2.45) is 5.73 Å². The van der Waals surface area contributed by atoms with E-state index in [-0.39, 0.29) is 0 Å². The van der Waals surface area contributed by atoms with Crippen LogP contribution in [-0.4, -0.2) is 37.0 Å². The molecule has 1 aliphatic heterocycles. The van der Waals surface area contributed by atoms with E-state index in [2.05, 4.69) is 17.3 Å². The van der Waals surface area contributed by atoms with Crippen LogP contribution in [0.3, 0.4) is 0 Å². The normalized spacial score (nSPS) is 20.5. The van der Waals surface area contributed by atoms with Crippen LogP contribution in [0, 0.1) is 0 Å². The number of likely N-dealkylation sites (tertiary alicyclic amines) is 1. The zero-order chi connectivity index (χ0) is 12.4. The van der Waals surface area contributed by atoms with Crippen LogP contribution in [0.25, 0.3) is 0 Å². The van der Waals surface area contributed by atoms with Gasteiger partial charge in [0.1, 0.15) is 0 Å². The van der Waals surface area contributed by atoms with Gasteiger partial charge in [-0.05, 0) is 38.2 Å². The largest absolute Gasteiger partial charge is 0.381 e. The summed E-state index contributed by atoms with van der Waals surface area (Å²) in [7, 11) is 2.10. The molecule has 1 heterocycles. The molecule has 1 aromatic carbocycles. The molecule has 1 aliphatic rings. The lowest BCUT2D eigenvalue weighted by molar-refractivity contribution is 0.100. The van der Waals surface area contributed by atoms with E-state index in [1.165, 1.54) is 0 Å². The third-order valence-corrected chi connectivity index (χ3v) is 3.32. The van der Waals surface area contributed by atoms with E-state index in [0.717, 1.165) is 25.2 Å². The van der Waals surface area contributed by atoms with Gasteiger partial charge in [0.25, 0.3) is 0 Å². The summed E-state index contributed by atoms with van der Waals surface area (Å²) in [5, 5.41) is 3.78. The Kier molecular flexibility index (Phi) is 3.54. The maximum Gasteiger partial charge on any atom is 0.250 e. The average molecular weight is 254 g/mol. The molecule has 17 heavy (non-hydrogen) atoms. The second-order valence-electron chi connectivity index (χ2n) is 4.45. The molecule has 0 aliphatic carbocycles. The van der Waals surface area contributed by atoms with Crippen molar-refractivity contribution < 1.29 is 4.79 Å². The van der Waals surface area contributed by atoms with Crippen molar-refractivity contribution in [1.82, 2.24) is 4.90 Å². The predicted molar refractivity (Wildman–Crippen MR) is 69.5 cm³/mol. The molecule has 4 nitrogen and oxygen atoms in total. The van der Waals surface area contributed by atoms with Crippen LogP contribution >= 0.6 is 11.6 Å². The van der Waals surface area contributed by atoms with Crippen molar-refractivity contribution in [2.45, 2.75) is 12.5 Å². The minimum absolute atomic E-state index is 0.364. The van der Waals surface area contributed by atoms with Crippen molar-refractivity contribution in [3.05, 3.63) is 28.8 Å². The Morgan fingerprint density at radius 3 is 2.94 bits per heavy atom. The maximum atomic E-state index is 11.2. The fourth-order valence-electron chi connectivity index (χ4n) is 2.09. The van der Waals surface area contributed by atoms with Crippen molar-refractivity contribution in [1.29, 1.82) is 0 Å². The molecule has 2 rings (SSSR count). The molecule has 1 saturated heterocycles. The second kappa shape index (κ2) is 4.94. The van der Waals surface area contributed by atoms with Gasteiger partial charge in [0.2, 0.25) is 5.91 Å².